The second kappa shape index (κ2) is 9.13. The fourth-order valence-corrected chi connectivity index (χ4v) is 5.43. The Balaban J connectivity index is 1.66. The van der Waals surface area contributed by atoms with Crippen LogP contribution in [0.3, 0.4) is 0 Å². The fourth-order valence-electron chi connectivity index (χ4n) is 3.40. The number of sulfonamides is 1. The van der Waals surface area contributed by atoms with Gasteiger partial charge in [0.2, 0.25) is 0 Å². The first-order valence-electron chi connectivity index (χ1n) is 9.80. The number of nitrogens with zero attached hydrogens (tertiary/aromatic N) is 1. The van der Waals surface area contributed by atoms with Gasteiger partial charge in [0.1, 0.15) is 11.5 Å². The van der Waals surface area contributed by atoms with Gasteiger partial charge in [-0.3, -0.25) is 9.10 Å². The molecular formula is C23H22N2O5S2. The van der Waals surface area contributed by atoms with Crippen LogP contribution in [0, 0.1) is 0 Å². The van der Waals surface area contributed by atoms with Crippen LogP contribution in [0.5, 0.6) is 11.5 Å². The van der Waals surface area contributed by atoms with E-state index in [2.05, 4.69) is 5.32 Å². The molecule has 1 N–H and O–H groups in total. The molecule has 0 unspecified atom stereocenters. The summed E-state index contributed by atoms with van der Waals surface area (Å²) in [6, 6.07) is 20.3. The number of nitrogens with one attached hydrogen (secondary N) is 1. The van der Waals surface area contributed by atoms with Gasteiger partial charge in [-0.2, -0.15) is 0 Å². The minimum atomic E-state index is -3.94. The SMILES string of the molecule is COc1ccc(S(=O)(=O)N2C[C@H](C(=O)Nc3ccccc3SC)Oc3ccccc32)cc1. The summed E-state index contributed by atoms with van der Waals surface area (Å²) in [6.45, 7) is -0.154. The first kappa shape index (κ1) is 22.0. The van der Waals surface area contributed by atoms with Gasteiger partial charge in [-0.1, -0.05) is 24.3 Å². The Morgan fingerprint density at radius 2 is 1.75 bits per heavy atom. The average Bonchev–Trinajstić information content (AvgIpc) is 2.83. The summed E-state index contributed by atoms with van der Waals surface area (Å²) in [5, 5.41) is 2.87. The first-order chi connectivity index (χ1) is 15.4. The van der Waals surface area contributed by atoms with Crippen LogP contribution in [0.4, 0.5) is 11.4 Å². The zero-order valence-corrected chi connectivity index (χ0v) is 19.2. The van der Waals surface area contributed by atoms with Gasteiger partial charge in [-0.25, -0.2) is 8.42 Å². The van der Waals surface area contributed by atoms with Crippen molar-refractivity contribution < 1.29 is 22.7 Å². The molecule has 0 fully saturated rings. The van der Waals surface area contributed by atoms with Gasteiger partial charge in [-0.15, -0.1) is 11.8 Å². The zero-order chi connectivity index (χ0) is 22.7. The van der Waals surface area contributed by atoms with E-state index in [0.717, 1.165) is 4.90 Å². The van der Waals surface area contributed by atoms with E-state index in [4.69, 9.17) is 9.47 Å². The molecule has 0 bridgehead atoms. The Morgan fingerprint density at radius 1 is 1.06 bits per heavy atom. The number of carbonyl (C=O) groups is 1. The second-order valence-corrected chi connectivity index (χ2v) is 9.69. The summed E-state index contributed by atoms with van der Waals surface area (Å²) in [7, 11) is -2.42. The van der Waals surface area contributed by atoms with Crippen molar-refractivity contribution in [3.05, 3.63) is 72.8 Å². The van der Waals surface area contributed by atoms with Gasteiger partial charge < -0.3 is 14.8 Å². The maximum atomic E-state index is 13.5. The molecule has 0 radical (unpaired) electrons. The summed E-state index contributed by atoms with van der Waals surface area (Å²) < 4.78 is 39.2. The van der Waals surface area contributed by atoms with E-state index in [-0.39, 0.29) is 11.4 Å². The van der Waals surface area contributed by atoms with Gasteiger partial charge in [-0.05, 0) is 54.8 Å². The normalized spacial score (nSPS) is 15.4. The van der Waals surface area contributed by atoms with Crippen molar-refractivity contribution in [2.45, 2.75) is 15.9 Å². The van der Waals surface area contributed by atoms with Crippen LogP contribution in [0.15, 0.2) is 82.6 Å². The lowest BCUT2D eigenvalue weighted by Gasteiger charge is -2.34. The monoisotopic (exact) mass is 470 g/mol. The van der Waals surface area contributed by atoms with Gasteiger partial charge in [0.05, 0.1) is 29.9 Å². The standard InChI is InChI=1S/C23H22N2O5S2/c1-29-16-11-13-17(14-12-16)32(27,28)25-15-21(30-20-9-5-4-8-19(20)25)23(26)24-18-7-3-6-10-22(18)31-2/h3-14,21H,15H2,1-2H3,(H,24,26)/t21-/m1/s1. The van der Waals surface area contributed by atoms with E-state index in [1.165, 1.54) is 35.3 Å². The molecule has 3 aromatic rings. The fraction of sp³-hybridized carbons (Fsp3) is 0.174. The van der Waals surface area contributed by atoms with Crippen LogP contribution in [0.25, 0.3) is 0 Å². The number of methoxy groups -OCH3 is 1. The van der Waals surface area contributed by atoms with E-state index in [0.29, 0.717) is 22.9 Å². The molecule has 0 spiro atoms. The maximum Gasteiger partial charge on any atom is 0.267 e. The largest absolute Gasteiger partial charge is 0.497 e. The Hall–Kier alpha value is -3.17. The van der Waals surface area contributed by atoms with Crippen molar-refractivity contribution in [3.8, 4) is 11.5 Å². The van der Waals surface area contributed by atoms with Crippen molar-refractivity contribution in [2.24, 2.45) is 0 Å². The van der Waals surface area contributed by atoms with E-state index in [9.17, 15) is 13.2 Å². The highest BCUT2D eigenvalue weighted by molar-refractivity contribution is 7.98. The quantitative estimate of drug-likeness (QED) is 0.548. The van der Waals surface area contributed by atoms with E-state index in [1.54, 1.807) is 42.5 Å². The van der Waals surface area contributed by atoms with Crippen LogP contribution in [0.1, 0.15) is 0 Å². The van der Waals surface area contributed by atoms with Crippen LogP contribution >= 0.6 is 11.8 Å². The number of para-hydroxylation sites is 3. The van der Waals surface area contributed by atoms with Crippen molar-refractivity contribution in [2.75, 3.05) is 29.5 Å². The molecule has 0 saturated heterocycles. The van der Waals surface area contributed by atoms with Crippen molar-refractivity contribution in [3.63, 3.8) is 0 Å². The smallest absolute Gasteiger partial charge is 0.267 e. The topological polar surface area (TPSA) is 84.9 Å². The van der Waals surface area contributed by atoms with Crippen LogP contribution in [-0.4, -0.2) is 40.3 Å². The molecule has 9 heteroatoms. The lowest BCUT2D eigenvalue weighted by atomic mass is 10.2. The Labute approximate surface area is 191 Å². The van der Waals surface area contributed by atoms with Gasteiger partial charge >= 0.3 is 0 Å². The van der Waals surface area contributed by atoms with E-state index in [1.807, 2.05) is 24.5 Å². The number of carbonyl (C=O) groups excluding carboxylic acids is 1. The number of anilines is 2. The molecule has 0 saturated carbocycles. The van der Waals surface area contributed by atoms with Crippen LogP contribution < -0.4 is 19.1 Å². The van der Waals surface area contributed by atoms with Crippen LogP contribution in [0.2, 0.25) is 0 Å². The number of rotatable bonds is 6. The summed E-state index contributed by atoms with van der Waals surface area (Å²) in [4.78, 5) is 14.1. The minimum Gasteiger partial charge on any atom is -0.497 e. The van der Waals surface area contributed by atoms with Crippen molar-refractivity contribution in [1.82, 2.24) is 0 Å². The van der Waals surface area contributed by atoms with E-state index >= 15 is 0 Å². The van der Waals surface area contributed by atoms with Crippen molar-refractivity contribution >= 4 is 39.1 Å². The molecule has 7 nitrogen and oxygen atoms in total. The second-order valence-electron chi connectivity index (χ2n) is 6.98. The minimum absolute atomic E-state index is 0.0990. The molecular weight excluding hydrogens is 448 g/mol. The highest BCUT2D eigenvalue weighted by Gasteiger charge is 2.37. The summed E-state index contributed by atoms with van der Waals surface area (Å²) in [6.07, 6.45) is 0.898. The molecule has 0 aromatic heterocycles. The Morgan fingerprint density at radius 3 is 2.47 bits per heavy atom. The number of thioether (sulfide) groups is 1. The summed E-state index contributed by atoms with van der Waals surface area (Å²) in [5.41, 5.74) is 1.04. The Bertz CT molecular complexity index is 1230. The number of hydrogen-bond acceptors (Lipinski definition) is 6. The maximum absolute atomic E-state index is 13.5. The molecule has 1 heterocycles. The highest BCUT2D eigenvalue weighted by Crippen LogP contribution is 2.37. The molecule has 1 aliphatic heterocycles. The number of ether oxygens (including phenoxy) is 2. The molecule has 32 heavy (non-hydrogen) atoms. The highest BCUT2D eigenvalue weighted by atomic mass is 32.2. The third kappa shape index (κ3) is 4.26. The first-order valence-corrected chi connectivity index (χ1v) is 12.5. The van der Waals surface area contributed by atoms with Gasteiger partial charge in [0.15, 0.2) is 6.10 Å². The number of hydrogen-bond donors (Lipinski definition) is 1. The molecule has 1 atom stereocenters. The zero-order valence-electron chi connectivity index (χ0n) is 17.5. The Kier molecular flexibility index (Phi) is 6.29. The average molecular weight is 471 g/mol. The van der Waals surface area contributed by atoms with Gasteiger partial charge in [0, 0.05) is 4.90 Å². The summed E-state index contributed by atoms with van der Waals surface area (Å²) >= 11 is 1.51. The molecule has 1 aliphatic rings. The predicted molar refractivity (Wildman–Crippen MR) is 125 cm³/mol. The molecule has 166 valence electrons. The lowest BCUT2D eigenvalue weighted by molar-refractivity contribution is -0.122. The van der Waals surface area contributed by atoms with Crippen LogP contribution in [-0.2, 0) is 14.8 Å². The number of benzene rings is 3. The molecule has 0 aliphatic carbocycles. The molecule has 4 rings (SSSR count). The number of fused-ring (bicyclic) bond motifs is 1. The summed E-state index contributed by atoms with van der Waals surface area (Å²) in [5.74, 6) is 0.459. The third-order valence-corrected chi connectivity index (χ3v) is 7.63. The van der Waals surface area contributed by atoms with E-state index < -0.39 is 22.0 Å². The molecule has 3 aromatic carbocycles. The lowest BCUT2D eigenvalue weighted by Crippen LogP contribution is -2.48. The molecule has 1 amide bonds. The van der Waals surface area contributed by atoms with Crippen molar-refractivity contribution in [1.29, 1.82) is 0 Å². The predicted octanol–water partition coefficient (Wildman–Crippen LogP) is 4.01. The number of amides is 1. The van der Waals surface area contributed by atoms with Gasteiger partial charge in [0.25, 0.3) is 15.9 Å². The third-order valence-electron chi connectivity index (χ3n) is 5.04.